The Labute approximate surface area is 296 Å². The molecule has 0 aliphatic rings. The number of benzene rings is 9. The third-order valence-corrected chi connectivity index (χ3v) is 7.76. The van der Waals surface area contributed by atoms with Gasteiger partial charge in [-0.15, -0.1) is 0 Å². The van der Waals surface area contributed by atoms with Crippen LogP contribution in [0.5, 0.6) is 0 Å². The number of fused-ring (bicyclic) bond motifs is 9. The van der Waals surface area contributed by atoms with E-state index in [1.54, 1.807) is 0 Å². The van der Waals surface area contributed by atoms with E-state index >= 15 is 0 Å². The molecule has 0 bridgehead atoms. The molecule has 1 nitrogen and oxygen atoms in total. The van der Waals surface area contributed by atoms with Gasteiger partial charge in [-0.1, -0.05) is 145 Å². The highest BCUT2D eigenvalue weighted by Gasteiger charge is 2.23. The lowest BCUT2D eigenvalue weighted by molar-refractivity contribution is 0.669. The molecular formula is C44H26O. The van der Waals surface area contributed by atoms with Crippen LogP contribution >= 0.6 is 0 Å². The monoisotopic (exact) mass is 596 g/mol. The van der Waals surface area contributed by atoms with E-state index in [1.807, 2.05) is 0 Å². The van der Waals surface area contributed by atoms with Crippen molar-refractivity contribution in [1.82, 2.24) is 0 Å². The molecule has 0 saturated carbocycles. The van der Waals surface area contributed by atoms with Gasteiger partial charge in [0.1, 0.15) is 11.2 Å². The second-order valence-corrected chi connectivity index (χ2v) is 10.0. The maximum absolute atomic E-state index is 9.66. The molecule has 0 saturated heterocycles. The van der Waals surface area contributed by atoms with Crippen molar-refractivity contribution in [3.63, 3.8) is 0 Å². The molecule has 10 rings (SSSR count). The molecule has 0 N–H and O–H groups in total. The van der Waals surface area contributed by atoms with Crippen LogP contribution in [0.15, 0.2) is 162 Å². The van der Waals surface area contributed by atoms with Gasteiger partial charge in [-0.2, -0.15) is 0 Å². The molecule has 1 heteroatoms. The molecule has 0 aliphatic heterocycles. The van der Waals surface area contributed by atoms with Crippen molar-refractivity contribution < 1.29 is 40.1 Å². The first kappa shape index (κ1) is 10.3. The van der Waals surface area contributed by atoms with E-state index in [-0.39, 0.29) is 0 Å². The number of furan rings is 1. The van der Waals surface area contributed by atoms with E-state index in [0.29, 0.717) is 0 Å². The SMILES string of the molecule is [2H]c1c([2H])c([2H])c2c(oc3c([2H])c4c([2H])c([2H])c([2H])c([2H])c4c(-c4c5c([2H])c([2H])c([2H])c([2H])c5c(-c5c([2H])c([2H])c([2H])c6c5c([2H])c([2H])c5c([2H])c([2H])c([2H])c([2H])c56)c5c([2H])c([2H])c([2H])c([2H])c45)c32)c1[2H]. The fourth-order valence-electron chi connectivity index (χ4n) is 5.98. The van der Waals surface area contributed by atoms with Gasteiger partial charge in [-0.05, 0) is 82.6 Å². The van der Waals surface area contributed by atoms with Crippen LogP contribution in [0.2, 0.25) is 0 Å². The second-order valence-electron chi connectivity index (χ2n) is 10.0. The zero-order valence-electron chi connectivity index (χ0n) is 48.4. The fraction of sp³-hybridized carbons (Fsp3) is 0. The van der Waals surface area contributed by atoms with Gasteiger partial charge in [0.25, 0.3) is 0 Å². The van der Waals surface area contributed by atoms with E-state index in [1.165, 1.54) is 0 Å². The minimum atomic E-state index is -1.00. The van der Waals surface area contributed by atoms with Crippen LogP contribution < -0.4 is 0 Å². The highest BCUT2D eigenvalue weighted by molar-refractivity contribution is 6.31. The standard InChI is InChI=1S/C44H26O/c1-3-14-29-27(12-1)24-25-32-31(29)21-11-22-33(32)41-34-16-5-7-18-36(34)42(37-19-8-6-17-35(37)41)44-30-15-4-2-13-28(30)26-40-43(44)38-20-9-10-23-39(38)45-40/h1-26H/i1D,2D,3D,4D,5D,6D,7D,8D,9D,10D,11D,12D,13D,14D,15D,16D,17D,18D,19D,20D,21D,22D,23D,24D,25D,26D. The van der Waals surface area contributed by atoms with Gasteiger partial charge >= 0.3 is 0 Å². The molecule has 0 fully saturated rings. The zero-order valence-corrected chi connectivity index (χ0v) is 22.4. The Kier molecular flexibility index (Phi) is 2.13. The molecule has 0 radical (unpaired) electrons. The van der Waals surface area contributed by atoms with Crippen molar-refractivity contribution in [3.05, 3.63) is 157 Å². The van der Waals surface area contributed by atoms with Crippen molar-refractivity contribution in [2.75, 3.05) is 0 Å². The summed E-state index contributed by atoms with van der Waals surface area (Å²) < 4.78 is 242. The minimum absolute atomic E-state index is 0.501. The zero-order chi connectivity index (χ0) is 52.1. The Morgan fingerprint density at radius 1 is 0.333 bits per heavy atom. The highest BCUT2D eigenvalue weighted by Crippen LogP contribution is 2.50. The van der Waals surface area contributed by atoms with Crippen LogP contribution in [-0.2, 0) is 0 Å². The molecule has 0 unspecified atom stereocenters. The van der Waals surface area contributed by atoms with Gasteiger partial charge in [0.05, 0.1) is 35.6 Å². The molecule has 208 valence electrons. The topological polar surface area (TPSA) is 13.1 Å². The summed E-state index contributed by atoms with van der Waals surface area (Å²) >= 11 is 0. The number of hydrogen-bond donors (Lipinski definition) is 0. The van der Waals surface area contributed by atoms with Crippen molar-refractivity contribution in [1.29, 1.82) is 0 Å². The molecule has 0 spiro atoms. The van der Waals surface area contributed by atoms with Gasteiger partial charge in [0.15, 0.2) is 0 Å². The molecule has 45 heavy (non-hydrogen) atoms. The van der Waals surface area contributed by atoms with Gasteiger partial charge in [-0.3, -0.25) is 0 Å². The Morgan fingerprint density at radius 3 is 1.62 bits per heavy atom. The summed E-state index contributed by atoms with van der Waals surface area (Å²) in [5.41, 5.74) is -3.95. The third-order valence-electron chi connectivity index (χ3n) is 7.76. The van der Waals surface area contributed by atoms with Crippen molar-refractivity contribution >= 4 is 75.8 Å². The third kappa shape index (κ3) is 3.44. The first-order chi connectivity index (χ1) is 33.2. The Hall–Kier alpha value is -5.92. The molecule has 1 heterocycles. The lowest BCUT2D eigenvalue weighted by Crippen LogP contribution is -1.93. The Morgan fingerprint density at radius 2 is 0.889 bits per heavy atom. The molecule has 10 aromatic rings. The predicted octanol–water partition coefficient (Wildman–Crippen LogP) is 12.7. The van der Waals surface area contributed by atoms with Crippen LogP contribution in [0.1, 0.15) is 35.6 Å². The average Bonchev–Trinajstić information content (AvgIpc) is 3.75. The van der Waals surface area contributed by atoms with Crippen LogP contribution in [0.3, 0.4) is 0 Å². The molecule has 0 aliphatic carbocycles. The van der Waals surface area contributed by atoms with E-state index in [4.69, 9.17) is 29.1 Å². The fourth-order valence-corrected chi connectivity index (χ4v) is 5.98. The van der Waals surface area contributed by atoms with Crippen LogP contribution in [-0.4, -0.2) is 0 Å². The van der Waals surface area contributed by atoms with Crippen molar-refractivity contribution in [2.24, 2.45) is 0 Å². The van der Waals surface area contributed by atoms with Gasteiger partial charge < -0.3 is 4.42 Å². The molecule has 1 aromatic heterocycles. The van der Waals surface area contributed by atoms with E-state index < -0.39 is 255 Å². The maximum Gasteiger partial charge on any atom is 0.136 e. The highest BCUT2D eigenvalue weighted by atomic mass is 16.3. The molecule has 9 aromatic carbocycles. The number of hydrogen-bond acceptors (Lipinski definition) is 1. The van der Waals surface area contributed by atoms with E-state index in [9.17, 15) is 11.0 Å². The lowest BCUT2D eigenvalue weighted by Gasteiger charge is -2.20. The summed E-state index contributed by atoms with van der Waals surface area (Å²) in [5, 5.41) is -7.50. The summed E-state index contributed by atoms with van der Waals surface area (Å²) in [7, 11) is 0. The van der Waals surface area contributed by atoms with Crippen LogP contribution in [0, 0.1) is 0 Å². The predicted molar refractivity (Wildman–Crippen MR) is 192 cm³/mol. The summed E-state index contributed by atoms with van der Waals surface area (Å²) in [6.45, 7) is 0. The summed E-state index contributed by atoms with van der Waals surface area (Å²) in [6.07, 6.45) is 0. The average molecular weight is 597 g/mol. The van der Waals surface area contributed by atoms with Crippen molar-refractivity contribution in [3.8, 4) is 22.3 Å². The minimum Gasteiger partial charge on any atom is -0.456 e. The summed E-state index contributed by atoms with van der Waals surface area (Å²) in [5.74, 6) is 0. The van der Waals surface area contributed by atoms with Gasteiger partial charge in [0.2, 0.25) is 0 Å². The van der Waals surface area contributed by atoms with Gasteiger partial charge in [0, 0.05) is 16.3 Å². The largest absolute Gasteiger partial charge is 0.456 e. The van der Waals surface area contributed by atoms with Crippen molar-refractivity contribution in [2.45, 2.75) is 0 Å². The number of rotatable bonds is 2. The lowest BCUT2D eigenvalue weighted by atomic mass is 9.82. The first-order valence-corrected chi connectivity index (χ1v) is 13.4. The Bertz CT molecular complexity index is 4210. The normalized spacial score (nSPS) is 20.1. The van der Waals surface area contributed by atoms with Crippen LogP contribution in [0.4, 0.5) is 0 Å². The quantitative estimate of drug-likeness (QED) is 0.143. The molecular weight excluding hydrogens is 544 g/mol. The maximum atomic E-state index is 9.66. The van der Waals surface area contributed by atoms with Crippen LogP contribution in [0.25, 0.3) is 98.1 Å². The smallest absolute Gasteiger partial charge is 0.136 e. The first-order valence-electron chi connectivity index (χ1n) is 26.4. The summed E-state index contributed by atoms with van der Waals surface area (Å²) in [4.78, 5) is 0. The molecule has 0 amide bonds. The molecule has 0 atom stereocenters. The Balaban J connectivity index is 1.66. The summed E-state index contributed by atoms with van der Waals surface area (Å²) in [6, 6.07) is -23.5. The van der Waals surface area contributed by atoms with E-state index in [0.717, 1.165) is 0 Å². The van der Waals surface area contributed by atoms with Gasteiger partial charge in [-0.25, -0.2) is 0 Å². The second kappa shape index (κ2) is 9.29. The van der Waals surface area contributed by atoms with E-state index in [2.05, 4.69) is 0 Å². The number of para-hydroxylation sites is 1.